The van der Waals surface area contributed by atoms with Crippen LogP contribution >= 0.6 is 0 Å². The van der Waals surface area contributed by atoms with Gasteiger partial charge < -0.3 is 4.90 Å². The van der Waals surface area contributed by atoms with Gasteiger partial charge >= 0.3 is 0 Å². The maximum absolute atomic E-state index is 2.46. The highest BCUT2D eigenvalue weighted by Gasteiger charge is 2.46. The Morgan fingerprint density at radius 3 is 1.37 bits per heavy atom. The number of fused-ring (bicyclic) bond motifs is 6. The van der Waals surface area contributed by atoms with E-state index < -0.39 is 5.41 Å². The average molecular weight is 754 g/mol. The Balaban J connectivity index is 1.12. The molecular weight excluding hydrogens is 711 g/mol. The molecule has 9 aromatic carbocycles. The van der Waals surface area contributed by atoms with E-state index in [9.17, 15) is 0 Å². The maximum Gasteiger partial charge on any atom is 0.0714 e. The maximum atomic E-state index is 2.46. The predicted octanol–water partition coefficient (Wildman–Crippen LogP) is 15.2. The molecule has 9 aromatic rings. The fourth-order valence-corrected chi connectivity index (χ4v) is 10.2. The topological polar surface area (TPSA) is 3.24 Å². The fraction of sp³-hybridized carbons (Fsp3) is 0.0690. The molecule has 0 radical (unpaired) electrons. The van der Waals surface area contributed by atoms with E-state index in [0.29, 0.717) is 0 Å². The Morgan fingerprint density at radius 2 is 0.729 bits per heavy atom. The Kier molecular flexibility index (Phi) is 8.13. The highest BCUT2D eigenvalue weighted by atomic mass is 15.1. The van der Waals surface area contributed by atoms with Crippen LogP contribution in [-0.2, 0) is 10.8 Å². The molecule has 0 fully saturated rings. The molecular formula is C58H43N. The Labute approximate surface area is 347 Å². The second-order valence-corrected chi connectivity index (χ2v) is 16.5. The number of nitrogens with zero attached hydrogens (tertiary/aromatic N) is 1. The van der Waals surface area contributed by atoms with Crippen LogP contribution in [0.15, 0.2) is 224 Å². The van der Waals surface area contributed by atoms with Gasteiger partial charge in [0.05, 0.1) is 5.41 Å². The van der Waals surface area contributed by atoms with E-state index in [4.69, 9.17) is 0 Å². The summed E-state index contributed by atoms with van der Waals surface area (Å²) in [6.07, 6.45) is 0. The quantitative estimate of drug-likeness (QED) is 0.157. The van der Waals surface area contributed by atoms with E-state index in [2.05, 4.69) is 243 Å². The van der Waals surface area contributed by atoms with Crippen LogP contribution in [0.3, 0.4) is 0 Å². The van der Waals surface area contributed by atoms with Gasteiger partial charge in [-0.3, -0.25) is 0 Å². The highest BCUT2D eigenvalue weighted by molar-refractivity contribution is 5.91. The van der Waals surface area contributed by atoms with Gasteiger partial charge in [0.2, 0.25) is 0 Å². The zero-order chi connectivity index (χ0) is 39.6. The van der Waals surface area contributed by atoms with E-state index in [0.717, 1.165) is 17.1 Å². The fourth-order valence-electron chi connectivity index (χ4n) is 10.2. The van der Waals surface area contributed by atoms with E-state index >= 15 is 0 Å². The molecule has 0 unspecified atom stereocenters. The van der Waals surface area contributed by atoms with Gasteiger partial charge in [-0.1, -0.05) is 196 Å². The highest BCUT2D eigenvalue weighted by Crippen LogP contribution is 2.57. The number of hydrogen-bond acceptors (Lipinski definition) is 1. The molecule has 0 spiro atoms. The van der Waals surface area contributed by atoms with E-state index in [1.807, 2.05) is 0 Å². The van der Waals surface area contributed by atoms with Crippen molar-refractivity contribution >= 4 is 17.1 Å². The summed E-state index contributed by atoms with van der Waals surface area (Å²) in [6, 6.07) is 83.0. The minimum Gasteiger partial charge on any atom is -0.310 e. The molecule has 0 saturated carbocycles. The Hall–Kier alpha value is -7.22. The zero-order valence-corrected chi connectivity index (χ0v) is 33.3. The lowest BCUT2D eigenvalue weighted by molar-refractivity contribution is 0.660. The molecule has 59 heavy (non-hydrogen) atoms. The number of anilines is 3. The standard InChI is InChI=1S/C58H43N/c1-57(2)53-30-14-12-28-49(53)51-34-32-43(38-55(51)57)42-21-17-27-47(37-42)59(46-26-16-20-41(36-46)40-18-6-3-7-19-40)48-33-35-52-50-29-13-15-31-54(50)58(56(52)39-48,44-22-8-4-9-23-44)45-24-10-5-11-25-45/h3-39H,1-2H3. The lowest BCUT2D eigenvalue weighted by atomic mass is 9.67. The second kappa shape index (κ2) is 13.7. The summed E-state index contributed by atoms with van der Waals surface area (Å²) in [5.74, 6) is 0. The normalized spacial score (nSPS) is 13.9. The summed E-state index contributed by atoms with van der Waals surface area (Å²) in [7, 11) is 0. The van der Waals surface area contributed by atoms with Crippen molar-refractivity contribution in [3.8, 4) is 44.5 Å². The molecule has 280 valence electrons. The minimum atomic E-state index is -0.501. The molecule has 0 aromatic heterocycles. The third-order valence-electron chi connectivity index (χ3n) is 12.9. The summed E-state index contributed by atoms with van der Waals surface area (Å²) in [6.45, 7) is 4.72. The van der Waals surface area contributed by atoms with Crippen molar-refractivity contribution in [1.82, 2.24) is 0 Å². The van der Waals surface area contributed by atoms with Crippen LogP contribution in [0.2, 0.25) is 0 Å². The molecule has 0 heterocycles. The largest absolute Gasteiger partial charge is 0.310 e. The molecule has 0 amide bonds. The van der Waals surface area contributed by atoms with Crippen LogP contribution in [0.25, 0.3) is 44.5 Å². The molecule has 2 aliphatic rings. The average Bonchev–Trinajstić information content (AvgIpc) is 3.72. The monoisotopic (exact) mass is 753 g/mol. The van der Waals surface area contributed by atoms with Gasteiger partial charge in [-0.05, 0) is 120 Å². The molecule has 0 saturated heterocycles. The van der Waals surface area contributed by atoms with Gasteiger partial charge in [0.15, 0.2) is 0 Å². The molecule has 0 bridgehead atoms. The van der Waals surface area contributed by atoms with Gasteiger partial charge in [-0.25, -0.2) is 0 Å². The predicted molar refractivity (Wildman–Crippen MR) is 247 cm³/mol. The summed E-state index contributed by atoms with van der Waals surface area (Å²) in [5, 5.41) is 0. The van der Waals surface area contributed by atoms with Crippen LogP contribution in [0.5, 0.6) is 0 Å². The van der Waals surface area contributed by atoms with Gasteiger partial charge in [0.1, 0.15) is 0 Å². The smallest absolute Gasteiger partial charge is 0.0714 e. The van der Waals surface area contributed by atoms with Crippen LogP contribution in [0.1, 0.15) is 47.2 Å². The van der Waals surface area contributed by atoms with Gasteiger partial charge in [0, 0.05) is 22.5 Å². The Bertz CT molecular complexity index is 2970. The second-order valence-electron chi connectivity index (χ2n) is 16.5. The van der Waals surface area contributed by atoms with Crippen LogP contribution < -0.4 is 4.90 Å². The van der Waals surface area contributed by atoms with Gasteiger partial charge in [-0.2, -0.15) is 0 Å². The van der Waals surface area contributed by atoms with Gasteiger partial charge in [-0.15, -0.1) is 0 Å². The molecule has 1 nitrogen and oxygen atoms in total. The van der Waals surface area contributed by atoms with E-state index in [-0.39, 0.29) is 5.41 Å². The van der Waals surface area contributed by atoms with Crippen molar-refractivity contribution < 1.29 is 0 Å². The number of rotatable bonds is 7. The summed E-state index contributed by atoms with van der Waals surface area (Å²) in [4.78, 5) is 2.45. The Morgan fingerprint density at radius 1 is 0.288 bits per heavy atom. The molecule has 11 rings (SSSR count). The van der Waals surface area contributed by atoms with Crippen LogP contribution in [-0.4, -0.2) is 0 Å². The zero-order valence-electron chi connectivity index (χ0n) is 33.3. The van der Waals surface area contributed by atoms with Crippen molar-refractivity contribution in [2.45, 2.75) is 24.7 Å². The molecule has 2 aliphatic carbocycles. The van der Waals surface area contributed by atoms with Crippen molar-refractivity contribution in [3.05, 3.63) is 258 Å². The van der Waals surface area contributed by atoms with Crippen molar-refractivity contribution in [2.75, 3.05) is 4.90 Å². The first-order valence-electron chi connectivity index (χ1n) is 20.7. The van der Waals surface area contributed by atoms with Crippen molar-refractivity contribution in [2.24, 2.45) is 0 Å². The first-order chi connectivity index (χ1) is 29.0. The first-order valence-corrected chi connectivity index (χ1v) is 20.7. The molecule has 0 N–H and O–H groups in total. The molecule has 1 heteroatoms. The van der Waals surface area contributed by atoms with E-state index in [1.54, 1.807) is 0 Å². The van der Waals surface area contributed by atoms with Gasteiger partial charge in [0.25, 0.3) is 0 Å². The summed E-state index contributed by atoms with van der Waals surface area (Å²) >= 11 is 0. The summed E-state index contributed by atoms with van der Waals surface area (Å²) < 4.78 is 0. The SMILES string of the molecule is CC1(C)c2ccccc2-c2ccc(-c3cccc(N(c4cccc(-c5ccccc5)c4)c4ccc5c(c4)C(c4ccccc4)(c4ccccc4)c4ccccc4-5)c3)cc21. The summed E-state index contributed by atoms with van der Waals surface area (Å²) in [5.41, 5.74) is 20.7. The van der Waals surface area contributed by atoms with Crippen molar-refractivity contribution in [3.63, 3.8) is 0 Å². The van der Waals surface area contributed by atoms with E-state index in [1.165, 1.54) is 77.9 Å². The molecule has 0 atom stereocenters. The lowest BCUT2D eigenvalue weighted by Gasteiger charge is -2.35. The third kappa shape index (κ3) is 5.46. The molecule has 0 aliphatic heterocycles. The number of benzene rings is 9. The van der Waals surface area contributed by atoms with Crippen LogP contribution in [0, 0.1) is 0 Å². The van der Waals surface area contributed by atoms with Crippen molar-refractivity contribution in [1.29, 1.82) is 0 Å². The number of hydrogen-bond donors (Lipinski definition) is 0. The minimum absolute atomic E-state index is 0.0739. The van der Waals surface area contributed by atoms with Crippen LogP contribution in [0.4, 0.5) is 17.1 Å². The lowest BCUT2D eigenvalue weighted by Crippen LogP contribution is -2.28. The first kappa shape index (κ1) is 35.0. The third-order valence-corrected chi connectivity index (χ3v) is 12.9.